The molecule has 1 aliphatic carbocycles. The lowest BCUT2D eigenvalue weighted by Gasteiger charge is -1.97. The van der Waals surface area contributed by atoms with Crippen LogP contribution in [0.2, 0.25) is 0 Å². The first-order chi connectivity index (χ1) is 7.33. The van der Waals surface area contributed by atoms with Crippen molar-refractivity contribution >= 4 is 5.82 Å². The molecule has 4 nitrogen and oxygen atoms in total. The van der Waals surface area contributed by atoms with Crippen LogP contribution in [-0.4, -0.2) is 14.8 Å². The Bertz CT molecular complexity index is 485. The van der Waals surface area contributed by atoms with Crippen molar-refractivity contribution in [2.24, 2.45) is 0 Å². The topological polar surface area (TPSA) is 56.7 Å². The molecule has 1 fully saturated rings. The summed E-state index contributed by atoms with van der Waals surface area (Å²) < 4.78 is 2.01. The van der Waals surface area contributed by atoms with Crippen LogP contribution >= 0.6 is 0 Å². The summed E-state index contributed by atoms with van der Waals surface area (Å²) in [6.07, 6.45) is 6.37. The summed E-state index contributed by atoms with van der Waals surface area (Å²) in [7, 11) is 0. The molecule has 1 aliphatic rings. The number of anilines is 1. The second-order valence-electron chi connectivity index (χ2n) is 3.89. The molecule has 4 heteroatoms. The highest BCUT2D eigenvalue weighted by Gasteiger charge is 2.24. The Labute approximate surface area is 87.7 Å². The molecule has 0 bridgehead atoms. The number of pyridine rings is 1. The minimum atomic E-state index is 0.548. The molecule has 0 atom stereocenters. The normalized spacial score (nSPS) is 15.5. The van der Waals surface area contributed by atoms with Gasteiger partial charge in [-0.1, -0.05) is 6.07 Å². The van der Waals surface area contributed by atoms with Crippen molar-refractivity contribution in [3.05, 3.63) is 30.6 Å². The van der Waals surface area contributed by atoms with Crippen LogP contribution in [0.25, 0.3) is 11.3 Å². The van der Waals surface area contributed by atoms with E-state index >= 15 is 0 Å². The number of rotatable bonds is 2. The number of hydrogen-bond acceptors (Lipinski definition) is 3. The third-order valence-corrected chi connectivity index (χ3v) is 2.59. The zero-order valence-corrected chi connectivity index (χ0v) is 8.30. The summed E-state index contributed by atoms with van der Waals surface area (Å²) in [5.74, 6) is 0.548. The molecular weight excluding hydrogens is 188 g/mol. The molecule has 2 aromatic rings. The van der Waals surface area contributed by atoms with E-state index in [2.05, 4.69) is 10.1 Å². The molecule has 2 aromatic heterocycles. The maximum Gasteiger partial charge on any atom is 0.124 e. The van der Waals surface area contributed by atoms with E-state index in [-0.39, 0.29) is 0 Å². The van der Waals surface area contributed by atoms with Crippen molar-refractivity contribution in [1.29, 1.82) is 0 Å². The van der Waals surface area contributed by atoms with Crippen LogP contribution in [0.1, 0.15) is 18.9 Å². The van der Waals surface area contributed by atoms with Gasteiger partial charge in [0.25, 0.3) is 0 Å². The smallest absolute Gasteiger partial charge is 0.124 e. The Morgan fingerprint density at radius 2 is 2.20 bits per heavy atom. The second-order valence-corrected chi connectivity index (χ2v) is 3.89. The Balaban J connectivity index is 1.97. The first-order valence-corrected chi connectivity index (χ1v) is 5.10. The summed E-state index contributed by atoms with van der Waals surface area (Å²) in [6, 6.07) is 6.26. The fourth-order valence-electron chi connectivity index (χ4n) is 1.62. The molecular formula is C11H12N4. The Kier molecular flexibility index (Phi) is 1.74. The van der Waals surface area contributed by atoms with E-state index < -0.39 is 0 Å². The molecule has 76 valence electrons. The van der Waals surface area contributed by atoms with Crippen molar-refractivity contribution in [2.45, 2.75) is 18.9 Å². The number of nitrogens with zero attached hydrogens (tertiary/aromatic N) is 3. The lowest BCUT2D eigenvalue weighted by atomic mass is 10.2. The predicted octanol–water partition coefficient (Wildman–Crippen LogP) is 1.86. The van der Waals surface area contributed by atoms with Gasteiger partial charge in [-0.3, -0.25) is 4.68 Å². The Hall–Kier alpha value is -1.84. The van der Waals surface area contributed by atoms with Crippen LogP contribution in [0.4, 0.5) is 5.82 Å². The minimum Gasteiger partial charge on any atom is -0.384 e. The van der Waals surface area contributed by atoms with E-state index in [0.717, 1.165) is 11.3 Å². The molecule has 0 spiro atoms. The van der Waals surface area contributed by atoms with Crippen molar-refractivity contribution in [2.75, 3.05) is 5.73 Å². The van der Waals surface area contributed by atoms with Crippen LogP contribution in [0.15, 0.2) is 30.6 Å². The quantitative estimate of drug-likeness (QED) is 0.805. The lowest BCUT2D eigenvalue weighted by Crippen LogP contribution is -1.92. The van der Waals surface area contributed by atoms with Gasteiger partial charge in [0.1, 0.15) is 5.82 Å². The summed E-state index contributed by atoms with van der Waals surface area (Å²) in [4.78, 5) is 4.26. The summed E-state index contributed by atoms with van der Waals surface area (Å²) in [6.45, 7) is 0. The second kappa shape index (κ2) is 3.08. The molecule has 2 N–H and O–H groups in total. The molecule has 2 heterocycles. The number of aromatic nitrogens is 3. The fraction of sp³-hybridized carbons (Fsp3) is 0.273. The zero-order chi connectivity index (χ0) is 10.3. The highest BCUT2D eigenvalue weighted by Crippen LogP contribution is 2.34. The van der Waals surface area contributed by atoms with Gasteiger partial charge in [0, 0.05) is 11.8 Å². The van der Waals surface area contributed by atoms with Crippen LogP contribution in [0.3, 0.4) is 0 Å². The molecule has 0 aromatic carbocycles. The van der Waals surface area contributed by atoms with Crippen molar-refractivity contribution in [3.63, 3.8) is 0 Å². The molecule has 3 rings (SSSR count). The monoisotopic (exact) mass is 200 g/mol. The van der Waals surface area contributed by atoms with E-state index in [1.165, 1.54) is 12.8 Å². The summed E-state index contributed by atoms with van der Waals surface area (Å²) >= 11 is 0. The van der Waals surface area contributed by atoms with Gasteiger partial charge in [0.15, 0.2) is 0 Å². The molecule has 0 amide bonds. The fourth-order valence-corrected chi connectivity index (χ4v) is 1.62. The van der Waals surface area contributed by atoms with Gasteiger partial charge in [-0.25, -0.2) is 4.98 Å². The zero-order valence-electron chi connectivity index (χ0n) is 8.30. The van der Waals surface area contributed by atoms with E-state index in [4.69, 9.17) is 5.73 Å². The first kappa shape index (κ1) is 8.47. The third kappa shape index (κ3) is 1.58. The van der Waals surface area contributed by atoms with Gasteiger partial charge >= 0.3 is 0 Å². The first-order valence-electron chi connectivity index (χ1n) is 5.10. The highest BCUT2D eigenvalue weighted by atomic mass is 15.3. The molecule has 0 aliphatic heterocycles. The Morgan fingerprint density at radius 3 is 2.93 bits per heavy atom. The van der Waals surface area contributed by atoms with Crippen molar-refractivity contribution in [3.8, 4) is 11.3 Å². The minimum absolute atomic E-state index is 0.548. The van der Waals surface area contributed by atoms with Gasteiger partial charge in [-0.15, -0.1) is 0 Å². The molecule has 0 radical (unpaired) electrons. The van der Waals surface area contributed by atoms with Crippen LogP contribution in [0, 0.1) is 0 Å². The summed E-state index contributed by atoms with van der Waals surface area (Å²) in [5, 5.41) is 4.32. The number of nitrogens with two attached hydrogens (primary N) is 1. The van der Waals surface area contributed by atoms with Gasteiger partial charge in [0.2, 0.25) is 0 Å². The average Bonchev–Trinajstić information content (AvgIpc) is 2.97. The maximum atomic E-state index is 5.64. The van der Waals surface area contributed by atoms with Crippen LogP contribution < -0.4 is 5.73 Å². The van der Waals surface area contributed by atoms with E-state index in [0.29, 0.717) is 11.9 Å². The average molecular weight is 200 g/mol. The van der Waals surface area contributed by atoms with Gasteiger partial charge in [0.05, 0.1) is 17.9 Å². The number of nitrogen functional groups attached to an aromatic ring is 1. The lowest BCUT2D eigenvalue weighted by molar-refractivity contribution is 0.642. The van der Waals surface area contributed by atoms with E-state index in [1.54, 1.807) is 6.07 Å². The summed E-state index contributed by atoms with van der Waals surface area (Å²) in [5.41, 5.74) is 7.56. The van der Waals surface area contributed by atoms with Crippen molar-refractivity contribution < 1.29 is 0 Å². The SMILES string of the molecule is Nc1cccc(-c2cnn(C3CC3)c2)n1. The van der Waals surface area contributed by atoms with Gasteiger partial charge in [-0.05, 0) is 25.0 Å². The standard InChI is InChI=1S/C11H12N4/c12-11-3-1-2-10(14-11)8-6-13-15(7-8)9-4-5-9/h1-3,6-7,9H,4-5H2,(H2,12,14). The highest BCUT2D eigenvalue weighted by molar-refractivity contribution is 5.58. The van der Waals surface area contributed by atoms with Gasteiger partial charge in [-0.2, -0.15) is 5.10 Å². The van der Waals surface area contributed by atoms with E-state index in [1.807, 2.05) is 29.2 Å². The largest absolute Gasteiger partial charge is 0.384 e. The Morgan fingerprint density at radius 1 is 1.33 bits per heavy atom. The molecule has 0 unspecified atom stereocenters. The van der Waals surface area contributed by atoms with Crippen molar-refractivity contribution in [1.82, 2.24) is 14.8 Å². The number of hydrogen-bond donors (Lipinski definition) is 1. The maximum absolute atomic E-state index is 5.64. The van der Waals surface area contributed by atoms with Gasteiger partial charge < -0.3 is 5.73 Å². The molecule has 1 saturated carbocycles. The van der Waals surface area contributed by atoms with Crippen LogP contribution in [-0.2, 0) is 0 Å². The molecule has 0 saturated heterocycles. The van der Waals surface area contributed by atoms with E-state index in [9.17, 15) is 0 Å². The predicted molar refractivity (Wildman–Crippen MR) is 58.1 cm³/mol. The third-order valence-electron chi connectivity index (χ3n) is 2.59. The van der Waals surface area contributed by atoms with Crippen LogP contribution in [0.5, 0.6) is 0 Å². The molecule has 15 heavy (non-hydrogen) atoms.